The van der Waals surface area contributed by atoms with Gasteiger partial charge in [-0.1, -0.05) is 158 Å². The molecule has 0 radical (unpaired) electrons. The van der Waals surface area contributed by atoms with Gasteiger partial charge in [0.25, 0.3) is 0 Å². The van der Waals surface area contributed by atoms with Gasteiger partial charge in [-0.3, -0.25) is 0 Å². The number of anilines is 3. The van der Waals surface area contributed by atoms with E-state index >= 15 is 0 Å². The monoisotopic (exact) mass is 753 g/mol. The number of nitrogens with zero attached hydrogens (tertiary/aromatic N) is 1. The van der Waals surface area contributed by atoms with Crippen molar-refractivity contribution >= 4 is 82.5 Å². The first kappa shape index (κ1) is 33.3. The Bertz CT molecular complexity index is 3540. The lowest BCUT2D eigenvalue weighted by molar-refractivity contribution is 0.669. The molecule has 12 aromatic rings. The molecule has 0 saturated carbocycles. The van der Waals surface area contributed by atoms with Crippen LogP contribution in [0, 0.1) is 0 Å². The fourth-order valence-electron chi connectivity index (χ4n) is 8.95. The largest absolute Gasteiger partial charge is 0.455 e. The summed E-state index contributed by atoms with van der Waals surface area (Å²) in [5, 5.41) is 9.46. The second-order valence-electron chi connectivity index (χ2n) is 15.3. The molecule has 0 saturated heterocycles. The van der Waals surface area contributed by atoms with Crippen LogP contribution in [0.4, 0.5) is 17.1 Å². The van der Waals surface area contributed by atoms with Crippen LogP contribution in [0.25, 0.3) is 98.8 Å². The van der Waals surface area contributed by atoms with Crippen LogP contribution in [-0.4, -0.2) is 0 Å². The van der Waals surface area contributed by atoms with Crippen molar-refractivity contribution in [1.82, 2.24) is 0 Å². The van der Waals surface area contributed by atoms with Crippen molar-refractivity contribution in [2.75, 3.05) is 4.90 Å². The lowest BCUT2D eigenvalue weighted by atomic mass is 9.97. The molecule has 12 rings (SSSR count). The molecule has 0 N–H and O–H groups in total. The lowest BCUT2D eigenvalue weighted by Crippen LogP contribution is -2.10. The summed E-state index contributed by atoms with van der Waals surface area (Å²) in [7, 11) is 0. The summed E-state index contributed by atoms with van der Waals surface area (Å²) in [4.78, 5) is 2.31. The molecule has 3 nitrogen and oxygen atoms in total. The number of benzene rings is 10. The Hall–Kier alpha value is -7.88. The normalized spacial score (nSPS) is 11.7. The van der Waals surface area contributed by atoms with Gasteiger partial charge in [-0.05, 0) is 104 Å². The molecule has 59 heavy (non-hydrogen) atoms. The predicted octanol–water partition coefficient (Wildman–Crippen LogP) is 16.3. The highest BCUT2D eigenvalue weighted by Crippen LogP contribution is 2.44. The lowest BCUT2D eigenvalue weighted by Gasteiger charge is -2.26. The molecule has 0 amide bonds. The summed E-state index contributed by atoms with van der Waals surface area (Å²) >= 11 is 0. The maximum Gasteiger partial charge on any atom is 0.159 e. The Morgan fingerprint density at radius 1 is 0.288 bits per heavy atom. The van der Waals surface area contributed by atoms with Crippen LogP contribution in [0.1, 0.15) is 0 Å². The van der Waals surface area contributed by atoms with Gasteiger partial charge in [-0.15, -0.1) is 0 Å². The summed E-state index contributed by atoms with van der Waals surface area (Å²) in [6, 6.07) is 75.7. The quantitative estimate of drug-likeness (QED) is 0.158. The van der Waals surface area contributed by atoms with E-state index in [1.807, 2.05) is 18.2 Å². The number of fused-ring (bicyclic) bond motifs is 9. The van der Waals surface area contributed by atoms with Crippen molar-refractivity contribution in [3.63, 3.8) is 0 Å². The minimum Gasteiger partial charge on any atom is -0.455 e. The van der Waals surface area contributed by atoms with Gasteiger partial charge < -0.3 is 13.7 Å². The third-order valence-electron chi connectivity index (χ3n) is 11.9. The second-order valence-corrected chi connectivity index (χ2v) is 15.3. The molecule has 0 bridgehead atoms. The second kappa shape index (κ2) is 13.4. The summed E-state index contributed by atoms with van der Waals surface area (Å²) in [5.74, 6) is 0. The average Bonchev–Trinajstić information content (AvgIpc) is 3.88. The van der Waals surface area contributed by atoms with Crippen molar-refractivity contribution in [3.8, 4) is 33.4 Å². The zero-order valence-electron chi connectivity index (χ0n) is 32.0. The Morgan fingerprint density at radius 3 is 1.58 bits per heavy atom. The third-order valence-corrected chi connectivity index (χ3v) is 11.9. The van der Waals surface area contributed by atoms with Crippen molar-refractivity contribution in [2.45, 2.75) is 0 Å². The Labute approximate surface area is 340 Å². The molecule has 0 spiro atoms. The smallest absolute Gasteiger partial charge is 0.159 e. The van der Waals surface area contributed by atoms with Gasteiger partial charge in [-0.2, -0.15) is 0 Å². The number of hydrogen-bond acceptors (Lipinski definition) is 3. The molecular weight excluding hydrogens is 719 g/mol. The van der Waals surface area contributed by atoms with Crippen molar-refractivity contribution in [2.24, 2.45) is 0 Å². The number of hydrogen-bond donors (Lipinski definition) is 0. The fourth-order valence-corrected chi connectivity index (χ4v) is 8.95. The van der Waals surface area contributed by atoms with Crippen LogP contribution in [0.2, 0.25) is 0 Å². The van der Waals surface area contributed by atoms with Crippen molar-refractivity contribution in [1.29, 1.82) is 0 Å². The highest BCUT2D eigenvalue weighted by atomic mass is 16.3. The van der Waals surface area contributed by atoms with Gasteiger partial charge in [0.15, 0.2) is 5.58 Å². The van der Waals surface area contributed by atoms with Crippen LogP contribution < -0.4 is 4.90 Å². The Balaban J connectivity index is 0.954. The molecule has 0 atom stereocenters. The van der Waals surface area contributed by atoms with Gasteiger partial charge in [0, 0.05) is 38.5 Å². The third kappa shape index (κ3) is 5.51. The van der Waals surface area contributed by atoms with Crippen LogP contribution in [0.15, 0.2) is 221 Å². The van der Waals surface area contributed by atoms with Gasteiger partial charge in [0.05, 0.1) is 5.69 Å². The number of para-hydroxylation sites is 3. The number of rotatable bonds is 6. The highest BCUT2D eigenvalue weighted by Gasteiger charge is 2.20. The molecule has 0 fully saturated rings. The van der Waals surface area contributed by atoms with Crippen LogP contribution in [0.5, 0.6) is 0 Å². The van der Waals surface area contributed by atoms with E-state index in [-0.39, 0.29) is 0 Å². The molecular formula is C56H35NO2. The Morgan fingerprint density at radius 2 is 0.814 bits per heavy atom. The molecule has 10 aromatic carbocycles. The summed E-state index contributed by atoms with van der Waals surface area (Å²) in [6.07, 6.45) is 0. The number of furan rings is 2. The minimum atomic E-state index is 0.857. The standard InChI is InChI=1S/C56H35NO2/c1-2-10-38(11-3-1)46-15-8-16-49-51-35-42(28-33-54(51)58-55(46)49)37-26-31-44(32-27-37)57(52-18-9-17-48-47-14-6-7-19-53(47)59-56(48)52)43-29-24-36(25-30-43)41-23-22-40-21-20-39-12-4-5-13-45(39)50(40)34-41/h1-35H. The summed E-state index contributed by atoms with van der Waals surface area (Å²) < 4.78 is 13.1. The van der Waals surface area contributed by atoms with E-state index in [0.717, 1.165) is 83.2 Å². The van der Waals surface area contributed by atoms with Crippen LogP contribution >= 0.6 is 0 Å². The molecule has 2 heterocycles. The predicted molar refractivity (Wildman–Crippen MR) is 247 cm³/mol. The first-order valence-corrected chi connectivity index (χ1v) is 20.1. The van der Waals surface area contributed by atoms with E-state index in [0.29, 0.717) is 0 Å². The van der Waals surface area contributed by atoms with Gasteiger partial charge >= 0.3 is 0 Å². The van der Waals surface area contributed by atoms with E-state index in [1.54, 1.807) is 0 Å². The highest BCUT2D eigenvalue weighted by molar-refractivity contribution is 6.12. The molecule has 2 aromatic heterocycles. The Kier molecular flexibility index (Phi) is 7.54. The molecule has 0 aliphatic rings. The molecule has 0 unspecified atom stereocenters. The zero-order chi connectivity index (χ0) is 38.9. The maximum atomic E-state index is 6.62. The van der Waals surface area contributed by atoms with Gasteiger partial charge in [-0.25, -0.2) is 0 Å². The SMILES string of the molecule is c1ccc(-c2cccc3c2oc2ccc(-c4ccc(N(c5ccc(-c6ccc7ccc8ccccc8c7c6)cc5)c5cccc6c5oc5ccccc56)cc4)cc23)cc1. The molecule has 0 aliphatic carbocycles. The minimum absolute atomic E-state index is 0.857. The first-order valence-electron chi connectivity index (χ1n) is 20.1. The fraction of sp³-hybridized carbons (Fsp3) is 0. The maximum absolute atomic E-state index is 6.62. The molecule has 3 heteroatoms. The van der Waals surface area contributed by atoms with Crippen LogP contribution in [0.3, 0.4) is 0 Å². The first-order chi connectivity index (χ1) is 29.2. The zero-order valence-corrected chi connectivity index (χ0v) is 32.0. The van der Waals surface area contributed by atoms with E-state index in [9.17, 15) is 0 Å². The topological polar surface area (TPSA) is 29.5 Å². The summed E-state index contributed by atoms with van der Waals surface area (Å²) in [5.41, 5.74) is 13.5. The van der Waals surface area contributed by atoms with E-state index < -0.39 is 0 Å². The van der Waals surface area contributed by atoms with Gasteiger partial charge in [0.2, 0.25) is 0 Å². The van der Waals surface area contributed by atoms with E-state index in [4.69, 9.17) is 8.83 Å². The van der Waals surface area contributed by atoms with E-state index in [2.05, 4.69) is 199 Å². The van der Waals surface area contributed by atoms with Crippen LogP contribution in [-0.2, 0) is 0 Å². The van der Waals surface area contributed by atoms with Gasteiger partial charge in [0.1, 0.15) is 16.7 Å². The average molecular weight is 754 g/mol. The van der Waals surface area contributed by atoms with Crippen molar-refractivity contribution < 1.29 is 8.83 Å². The molecule has 0 aliphatic heterocycles. The molecule has 276 valence electrons. The van der Waals surface area contributed by atoms with E-state index in [1.165, 1.54) is 32.7 Å². The van der Waals surface area contributed by atoms with Crippen molar-refractivity contribution in [3.05, 3.63) is 212 Å². The summed E-state index contributed by atoms with van der Waals surface area (Å²) in [6.45, 7) is 0.